The molecule has 28 heavy (non-hydrogen) atoms. The third kappa shape index (κ3) is 4.57. The number of carbonyl (C=O) groups is 1. The second-order valence-corrected chi connectivity index (χ2v) is 7.35. The first-order valence-corrected chi connectivity index (χ1v) is 9.83. The third-order valence-corrected chi connectivity index (χ3v) is 5.39. The highest BCUT2D eigenvalue weighted by molar-refractivity contribution is 5.93. The molecule has 148 valence electrons. The molecule has 2 aromatic rings. The number of nitro benzene ring substituents is 1. The normalized spacial score (nSPS) is 15.4. The molecule has 0 N–H and O–H groups in total. The van der Waals surface area contributed by atoms with Crippen LogP contribution in [-0.2, 0) is 11.3 Å². The molecule has 1 aliphatic heterocycles. The molecule has 0 bridgehead atoms. The number of carbonyl (C=O) groups excluding carboxylic acids is 1. The van der Waals surface area contributed by atoms with Crippen molar-refractivity contribution in [1.82, 2.24) is 4.90 Å². The predicted molar refractivity (Wildman–Crippen MR) is 110 cm³/mol. The highest BCUT2D eigenvalue weighted by atomic mass is 16.6. The number of piperidine rings is 1. The summed E-state index contributed by atoms with van der Waals surface area (Å²) in [7, 11) is 0. The van der Waals surface area contributed by atoms with Crippen molar-refractivity contribution in [2.75, 3.05) is 18.0 Å². The Labute approximate surface area is 165 Å². The summed E-state index contributed by atoms with van der Waals surface area (Å²) in [6.07, 6.45) is 2.20. The molecule has 0 saturated carbocycles. The number of benzene rings is 2. The molecule has 0 unspecified atom stereocenters. The molecule has 0 aromatic heterocycles. The van der Waals surface area contributed by atoms with Crippen LogP contribution >= 0.6 is 0 Å². The largest absolute Gasteiger partial charge is 0.309 e. The minimum absolute atomic E-state index is 0.140. The van der Waals surface area contributed by atoms with E-state index in [-0.39, 0.29) is 22.6 Å². The second kappa shape index (κ2) is 8.97. The maximum absolute atomic E-state index is 12.6. The van der Waals surface area contributed by atoms with Crippen LogP contribution in [0.2, 0.25) is 0 Å². The molecule has 1 saturated heterocycles. The third-order valence-electron chi connectivity index (χ3n) is 5.39. The van der Waals surface area contributed by atoms with Crippen LogP contribution in [0.25, 0.3) is 0 Å². The number of hydrogen-bond donors (Lipinski definition) is 0. The van der Waals surface area contributed by atoms with Gasteiger partial charge in [0.25, 0.3) is 5.69 Å². The summed E-state index contributed by atoms with van der Waals surface area (Å²) in [5, 5.41) is 11.2. The van der Waals surface area contributed by atoms with Crippen molar-refractivity contribution in [1.29, 1.82) is 0 Å². The summed E-state index contributed by atoms with van der Waals surface area (Å²) in [6.45, 7) is 6.13. The molecule has 2 aromatic carbocycles. The van der Waals surface area contributed by atoms with E-state index in [0.29, 0.717) is 13.0 Å². The van der Waals surface area contributed by atoms with E-state index in [1.54, 1.807) is 12.1 Å². The minimum atomic E-state index is -0.318. The van der Waals surface area contributed by atoms with E-state index >= 15 is 0 Å². The molecular weight excluding hydrogens is 354 g/mol. The monoisotopic (exact) mass is 381 g/mol. The number of aryl methyl sites for hydroxylation is 1. The minimum Gasteiger partial charge on any atom is -0.309 e. The lowest BCUT2D eigenvalue weighted by atomic mass is 10.0. The summed E-state index contributed by atoms with van der Waals surface area (Å²) < 4.78 is 0. The maximum Gasteiger partial charge on any atom is 0.273 e. The van der Waals surface area contributed by atoms with Gasteiger partial charge in [-0.2, -0.15) is 0 Å². The summed E-state index contributed by atoms with van der Waals surface area (Å²) in [5.74, 6) is 0.140. The van der Waals surface area contributed by atoms with E-state index in [2.05, 4.69) is 4.90 Å². The van der Waals surface area contributed by atoms with Gasteiger partial charge in [-0.3, -0.25) is 19.8 Å². The van der Waals surface area contributed by atoms with Crippen molar-refractivity contribution in [2.45, 2.75) is 45.7 Å². The molecule has 6 nitrogen and oxygen atoms in total. The zero-order valence-electron chi connectivity index (χ0n) is 16.5. The first kappa shape index (κ1) is 20.0. The number of likely N-dealkylation sites (tertiary alicyclic amines) is 1. The Kier molecular flexibility index (Phi) is 6.41. The van der Waals surface area contributed by atoms with Crippen LogP contribution in [0.3, 0.4) is 0 Å². The summed E-state index contributed by atoms with van der Waals surface area (Å²) in [4.78, 5) is 27.7. The van der Waals surface area contributed by atoms with Gasteiger partial charge in [-0.25, -0.2) is 0 Å². The van der Waals surface area contributed by atoms with E-state index in [0.717, 1.165) is 37.2 Å². The van der Waals surface area contributed by atoms with E-state index in [9.17, 15) is 14.9 Å². The molecule has 0 radical (unpaired) electrons. The van der Waals surface area contributed by atoms with Crippen LogP contribution in [0.4, 0.5) is 11.4 Å². The molecule has 1 aliphatic rings. The lowest BCUT2D eigenvalue weighted by molar-refractivity contribution is -0.385. The van der Waals surface area contributed by atoms with Gasteiger partial charge in [0.2, 0.25) is 5.91 Å². The van der Waals surface area contributed by atoms with E-state index in [1.807, 2.05) is 55.1 Å². The van der Waals surface area contributed by atoms with E-state index < -0.39 is 0 Å². The maximum atomic E-state index is 12.6. The first-order valence-electron chi connectivity index (χ1n) is 9.83. The summed E-state index contributed by atoms with van der Waals surface area (Å²) in [5.41, 5.74) is 3.04. The van der Waals surface area contributed by atoms with Crippen LogP contribution in [0.15, 0.2) is 48.5 Å². The number of nitrogens with zero attached hydrogens (tertiary/aromatic N) is 3. The molecule has 6 heteroatoms. The van der Waals surface area contributed by atoms with Crippen LogP contribution in [0, 0.1) is 17.0 Å². The van der Waals surface area contributed by atoms with Crippen LogP contribution < -0.4 is 4.90 Å². The van der Waals surface area contributed by atoms with Gasteiger partial charge in [0.15, 0.2) is 0 Å². The van der Waals surface area contributed by atoms with Crippen molar-refractivity contribution < 1.29 is 9.72 Å². The second-order valence-electron chi connectivity index (χ2n) is 7.35. The molecule has 3 rings (SSSR count). The number of rotatable bonds is 6. The Morgan fingerprint density at radius 1 is 1.14 bits per heavy atom. The molecule has 0 atom stereocenters. The predicted octanol–water partition coefficient (Wildman–Crippen LogP) is 4.31. The Balaban J connectivity index is 1.68. The number of para-hydroxylation sites is 1. The van der Waals surface area contributed by atoms with E-state index in [1.165, 1.54) is 5.56 Å². The number of nitro groups is 1. The standard InChI is InChI=1S/C22H27N3O3/c1-3-22(26)24(19-10-8-17(2)9-11-19)20-12-14-23(15-13-20)16-18-6-4-5-7-21(18)25(27)28/h4-11,20H,3,12-16H2,1-2H3. The molecular formula is C22H27N3O3. The smallest absolute Gasteiger partial charge is 0.273 e. The zero-order valence-corrected chi connectivity index (χ0v) is 16.5. The topological polar surface area (TPSA) is 66.7 Å². The van der Waals surface area contributed by atoms with Crippen molar-refractivity contribution in [2.24, 2.45) is 0 Å². The lowest BCUT2D eigenvalue weighted by Gasteiger charge is -2.38. The molecule has 0 aliphatic carbocycles. The first-order chi connectivity index (χ1) is 13.5. The zero-order chi connectivity index (χ0) is 20.1. The van der Waals surface area contributed by atoms with Crippen molar-refractivity contribution in [3.05, 3.63) is 69.8 Å². The fourth-order valence-electron chi connectivity index (χ4n) is 3.83. The Hall–Kier alpha value is -2.73. The Bertz CT molecular complexity index is 827. The summed E-state index contributed by atoms with van der Waals surface area (Å²) >= 11 is 0. The number of hydrogen-bond acceptors (Lipinski definition) is 4. The quantitative estimate of drug-likeness (QED) is 0.552. The SMILES string of the molecule is CCC(=O)N(c1ccc(C)cc1)C1CCN(Cc2ccccc2[N+](=O)[O-])CC1. The van der Waals surface area contributed by atoms with Crippen molar-refractivity contribution in [3.63, 3.8) is 0 Å². The van der Waals surface area contributed by atoms with Crippen LogP contribution in [0.1, 0.15) is 37.3 Å². The summed E-state index contributed by atoms with van der Waals surface area (Å²) in [6, 6.07) is 15.2. The van der Waals surface area contributed by atoms with Gasteiger partial charge in [-0.05, 0) is 31.9 Å². The number of anilines is 1. The van der Waals surface area contributed by atoms with Crippen molar-refractivity contribution >= 4 is 17.3 Å². The molecule has 1 heterocycles. The van der Waals surface area contributed by atoms with Gasteiger partial charge in [0, 0.05) is 49.4 Å². The fourth-order valence-corrected chi connectivity index (χ4v) is 3.83. The van der Waals surface area contributed by atoms with Crippen LogP contribution in [0.5, 0.6) is 0 Å². The van der Waals surface area contributed by atoms with Gasteiger partial charge in [-0.15, -0.1) is 0 Å². The highest BCUT2D eigenvalue weighted by Crippen LogP contribution is 2.27. The van der Waals surface area contributed by atoms with E-state index in [4.69, 9.17) is 0 Å². The van der Waals surface area contributed by atoms with Crippen LogP contribution in [-0.4, -0.2) is 34.9 Å². The fraction of sp³-hybridized carbons (Fsp3) is 0.409. The van der Waals surface area contributed by atoms with Gasteiger partial charge < -0.3 is 4.90 Å². The van der Waals surface area contributed by atoms with Gasteiger partial charge >= 0.3 is 0 Å². The number of amides is 1. The average molecular weight is 381 g/mol. The molecule has 1 amide bonds. The molecule has 1 fully saturated rings. The lowest BCUT2D eigenvalue weighted by Crippen LogP contribution is -2.47. The highest BCUT2D eigenvalue weighted by Gasteiger charge is 2.29. The average Bonchev–Trinajstić information content (AvgIpc) is 2.71. The van der Waals surface area contributed by atoms with Gasteiger partial charge in [0.1, 0.15) is 0 Å². The van der Waals surface area contributed by atoms with Gasteiger partial charge in [0.05, 0.1) is 4.92 Å². The molecule has 0 spiro atoms. The van der Waals surface area contributed by atoms with Gasteiger partial charge in [-0.1, -0.05) is 42.8 Å². The Morgan fingerprint density at radius 3 is 2.39 bits per heavy atom. The van der Waals surface area contributed by atoms with Crippen molar-refractivity contribution in [3.8, 4) is 0 Å². The Morgan fingerprint density at radius 2 is 1.79 bits per heavy atom.